The van der Waals surface area contributed by atoms with Crippen LogP contribution in [0.15, 0.2) is 77.4 Å². The highest BCUT2D eigenvalue weighted by Gasteiger charge is 2.13. The second-order valence-corrected chi connectivity index (χ2v) is 5.73. The first-order valence-electron chi connectivity index (χ1n) is 8.19. The molecular formula is C20H19N3O3. The first-order chi connectivity index (χ1) is 12.6. The van der Waals surface area contributed by atoms with Crippen LogP contribution in [0.25, 0.3) is 0 Å². The number of furan rings is 1. The van der Waals surface area contributed by atoms with Gasteiger partial charge in [-0.3, -0.25) is 9.59 Å². The van der Waals surface area contributed by atoms with E-state index in [1.165, 1.54) is 6.26 Å². The number of benzene rings is 2. The van der Waals surface area contributed by atoms with Gasteiger partial charge in [-0.2, -0.15) is 0 Å². The fraction of sp³-hybridized carbons (Fsp3) is 0.100. The Balaban J connectivity index is 1.55. The lowest BCUT2D eigenvalue weighted by Crippen LogP contribution is -2.31. The number of hydrogen-bond donors (Lipinski definition) is 3. The van der Waals surface area contributed by atoms with Crippen LogP contribution < -0.4 is 16.0 Å². The maximum absolute atomic E-state index is 12.2. The Kier molecular flexibility index (Phi) is 5.34. The third kappa shape index (κ3) is 4.51. The van der Waals surface area contributed by atoms with Crippen LogP contribution in [0.2, 0.25) is 0 Å². The maximum atomic E-state index is 12.2. The molecule has 2 aromatic carbocycles. The van der Waals surface area contributed by atoms with Crippen LogP contribution in [0.3, 0.4) is 0 Å². The molecule has 0 aliphatic carbocycles. The molecule has 1 atom stereocenters. The molecule has 3 N–H and O–H groups in total. The molecule has 0 bridgehead atoms. The molecule has 132 valence electrons. The van der Waals surface area contributed by atoms with Crippen molar-refractivity contribution in [1.82, 2.24) is 0 Å². The topological polar surface area (TPSA) is 83.4 Å². The Bertz CT molecular complexity index is 859. The lowest BCUT2D eigenvalue weighted by atomic mass is 10.2. The number of carbonyl (C=O) groups is 2. The van der Waals surface area contributed by atoms with Crippen LogP contribution in [0.5, 0.6) is 0 Å². The van der Waals surface area contributed by atoms with Crippen LogP contribution in [-0.2, 0) is 4.79 Å². The number of anilines is 3. The second kappa shape index (κ2) is 8.02. The van der Waals surface area contributed by atoms with E-state index in [0.29, 0.717) is 5.69 Å². The summed E-state index contributed by atoms with van der Waals surface area (Å²) in [5, 5.41) is 8.71. The van der Waals surface area contributed by atoms with Gasteiger partial charge in [-0.05, 0) is 55.5 Å². The molecule has 2 amide bonds. The van der Waals surface area contributed by atoms with E-state index in [1.807, 2.05) is 30.3 Å². The predicted molar refractivity (Wildman–Crippen MR) is 101 cm³/mol. The van der Waals surface area contributed by atoms with Crippen LogP contribution in [0.4, 0.5) is 17.1 Å². The SMILES string of the molecule is CC(Nc1ccc(NC(=O)c2ccco2)cc1)C(=O)Nc1ccccc1. The van der Waals surface area contributed by atoms with E-state index in [9.17, 15) is 9.59 Å². The first kappa shape index (κ1) is 17.3. The Morgan fingerprint density at radius 3 is 2.12 bits per heavy atom. The molecule has 0 aliphatic heterocycles. The lowest BCUT2D eigenvalue weighted by molar-refractivity contribution is -0.116. The summed E-state index contributed by atoms with van der Waals surface area (Å²) in [7, 11) is 0. The summed E-state index contributed by atoms with van der Waals surface area (Å²) in [6.45, 7) is 1.78. The van der Waals surface area contributed by atoms with Gasteiger partial charge in [0.2, 0.25) is 5.91 Å². The summed E-state index contributed by atoms with van der Waals surface area (Å²) >= 11 is 0. The van der Waals surface area contributed by atoms with Gasteiger partial charge < -0.3 is 20.4 Å². The van der Waals surface area contributed by atoms with Crippen molar-refractivity contribution in [3.05, 3.63) is 78.8 Å². The van der Waals surface area contributed by atoms with Crippen LogP contribution in [0.1, 0.15) is 17.5 Å². The van der Waals surface area contributed by atoms with Gasteiger partial charge in [-0.1, -0.05) is 18.2 Å². The fourth-order valence-electron chi connectivity index (χ4n) is 2.34. The van der Waals surface area contributed by atoms with E-state index < -0.39 is 6.04 Å². The van der Waals surface area contributed by atoms with Gasteiger partial charge in [0.1, 0.15) is 6.04 Å². The van der Waals surface area contributed by atoms with Gasteiger partial charge in [-0.25, -0.2) is 0 Å². The van der Waals surface area contributed by atoms with Crippen molar-refractivity contribution in [3.8, 4) is 0 Å². The van der Waals surface area contributed by atoms with Crippen molar-refractivity contribution in [1.29, 1.82) is 0 Å². The van der Waals surface area contributed by atoms with E-state index in [2.05, 4.69) is 16.0 Å². The molecule has 1 unspecified atom stereocenters. The van der Waals surface area contributed by atoms with Crippen molar-refractivity contribution in [2.24, 2.45) is 0 Å². The molecule has 0 radical (unpaired) electrons. The molecule has 0 aliphatic rings. The van der Waals surface area contributed by atoms with Gasteiger partial charge in [0.15, 0.2) is 5.76 Å². The highest BCUT2D eigenvalue weighted by Crippen LogP contribution is 2.16. The van der Waals surface area contributed by atoms with Crippen LogP contribution >= 0.6 is 0 Å². The average Bonchev–Trinajstić information content (AvgIpc) is 3.19. The average molecular weight is 349 g/mol. The normalized spacial score (nSPS) is 11.4. The number of nitrogens with one attached hydrogen (secondary N) is 3. The van der Waals surface area contributed by atoms with E-state index in [4.69, 9.17) is 4.42 Å². The molecule has 6 heteroatoms. The Hall–Kier alpha value is -3.54. The van der Waals surface area contributed by atoms with E-state index in [1.54, 1.807) is 43.3 Å². The minimum Gasteiger partial charge on any atom is -0.459 e. The molecule has 1 heterocycles. The third-order valence-electron chi connectivity index (χ3n) is 3.71. The lowest BCUT2D eigenvalue weighted by Gasteiger charge is -2.15. The number of hydrogen-bond acceptors (Lipinski definition) is 4. The molecular weight excluding hydrogens is 330 g/mol. The predicted octanol–water partition coefficient (Wildman–Crippen LogP) is 3.97. The van der Waals surface area contributed by atoms with Gasteiger partial charge in [0.05, 0.1) is 6.26 Å². The number of rotatable bonds is 6. The molecule has 0 saturated heterocycles. The van der Waals surface area contributed by atoms with Gasteiger partial charge >= 0.3 is 0 Å². The molecule has 3 aromatic rings. The third-order valence-corrected chi connectivity index (χ3v) is 3.71. The van der Waals surface area contributed by atoms with Crippen LogP contribution in [0, 0.1) is 0 Å². The first-order valence-corrected chi connectivity index (χ1v) is 8.19. The van der Waals surface area contributed by atoms with Gasteiger partial charge in [-0.15, -0.1) is 0 Å². The number of para-hydroxylation sites is 1. The van der Waals surface area contributed by atoms with E-state index >= 15 is 0 Å². The maximum Gasteiger partial charge on any atom is 0.291 e. The number of amides is 2. The zero-order valence-corrected chi connectivity index (χ0v) is 14.2. The smallest absolute Gasteiger partial charge is 0.291 e. The Labute approximate surface area is 151 Å². The summed E-state index contributed by atoms with van der Waals surface area (Å²) in [6, 6.07) is 19.2. The van der Waals surface area contributed by atoms with Crippen molar-refractivity contribution < 1.29 is 14.0 Å². The molecule has 0 spiro atoms. The summed E-state index contributed by atoms with van der Waals surface area (Å²) in [4.78, 5) is 24.1. The highest BCUT2D eigenvalue weighted by atomic mass is 16.3. The summed E-state index contributed by atoms with van der Waals surface area (Å²) in [6.07, 6.45) is 1.45. The standard InChI is InChI=1S/C20H19N3O3/c1-14(19(24)22-15-6-3-2-4-7-15)21-16-9-11-17(12-10-16)23-20(25)18-8-5-13-26-18/h2-14,21H,1H3,(H,22,24)(H,23,25). The Morgan fingerprint density at radius 1 is 0.808 bits per heavy atom. The molecule has 3 rings (SSSR count). The zero-order valence-electron chi connectivity index (χ0n) is 14.2. The fourth-order valence-corrected chi connectivity index (χ4v) is 2.34. The van der Waals surface area contributed by atoms with Crippen LogP contribution in [-0.4, -0.2) is 17.9 Å². The number of carbonyl (C=O) groups excluding carboxylic acids is 2. The van der Waals surface area contributed by atoms with Crippen molar-refractivity contribution in [2.45, 2.75) is 13.0 Å². The second-order valence-electron chi connectivity index (χ2n) is 5.73. The monoisotopic (exact) mass is 349 g/mol. The van der Waals surface area contributed by atoms with E-state index in [-0.39, 0.29) is 17.6 Å². The molecule has 0 fully saturated rings. The highest BCUT2D eigenvalue weighted by molar-refractivity contribution is 6.02. The quantitative estimate of drug-likeness (QED) is 0.629. The Morgan fingerprint density at radius 2 is 1.46 bits per heavy atom. The molecule has 0 saturated carbocycles. The van der Waals surface area contributed by atoms with E-state index in [0.717, 1.165) is 11.4 Å². The zero-order chi connectivity index (χ0) is 18.4. The van der Waals surface area contributed by atoms with Gasteiger partial charge in [0, 0.05) is 17.1 Å². The van der Waals surface area contributed by atoms with Crippen molar-refractivity contribution >= 4 is 28.9 Å². The largest absolute Gasteiger partial charge is 0.459 e. The minimum absolute atomic E-state index is 0.133. The molecule has 1 aromatic heterocycles. The molecule has 26 heavy (non-hydrogen) atoms. The molecule has 6 nitrogen and oxygen atoms in total. The van der Waals surface area contributed by atoms with Gasteiger partial charge in [0.25, 0.3) is 5.91 Å². The minimum atomic E-state index is -0.418. The summed E-state index contributed by atoms with van der Waals surface area (Å²) in [5.74, 6) is -0.198. The summed E-state index contributed by atoms with van der Waals surface area (Å²) in [5.41, 5.74) is 2.16. The summed E-state index contributed by atoms with van der Waals surface area (Å²) < 4.78 is 5.05. The van der Waals surface area contributed by atoms with Crippen molar-refractivity contribution in [3.63, 3.8) is 0 Å². The van der Waals surface area contributed by atoms with Crippen molar-refractivity contribution in [2.75, 3.05) is 16.0 Å².